The second-order valence-corrected chi connectivity index (χ2v) is 5.04. The molecule has 0 fully saturated rings. The third-order valence-electron chi connectivity index (χ3n) is 2.77. The van der Waals surface area contributed by atoms with Crippen molar-refractivity contribution in [1.82, 2.24) is 4.98 Å². The molecule has 17 heavy (non-hydrogen) atoms. The van der Waals surface area contributed by atoms with Gasteiger partial charge < -0.3 is 5.11 Å². The average Bonchev–Trinajstić information content (AvgIpc) is 2.89. The number of aromatic nitrogens is 1. The lowest BCUT2D eigenvalue weighted by molar-refractivity contribution is 0.163. The Kier molecular flexibility index (Phi) is 4.71. The van der Waals surface area contributed by atoms with E-state index < -0.39 is 0 Å². The van der Waals surface area contributed by atoms with Crippen LogP contribution in [0.5, 0.6) is 0 Å². The molecule has 0 saturated heterocycles. The highest BCUT2D eigenvalue weighted by molar-refractivity contribution is 7.09. The quantitative estimate of drug-likeness (QED) is 0.791. The Labute approximate surface area is 106 Å². The lowest BCUT2D eigenvalue weighted by atomic mass is 10.1. The highest BCUT2D eigenvalue weighted by atomic mass is 32.1. The first kappa shape index (κ1) is 12.3. The number of nitrogens with zero attached hydrogens (tertiary/aromatic N) is 1. The monoisotopic (exact) mass is 247 g/mol. The molecule has 1 aromatic carbocycles. The lowest BCUT2D eigenvalue weighted by Gasteiger charge is -2.07. The fourth-order valence-corrected chi connectivity index (χ4v) is 2.49. The predicted octanol–water partition coefficient (Wildman–Crippen LogP) is 3.59. The van der Waals surface area contributed by atoms with E-state index in [0.717, 1.165) is 30.7 Å². The minimum atomic E-state index is -0.384. The molecule has 0 amide bonds. The first-order valence-electron chi connectivity index (χ1n) is 5.97. The molecule has 0 aliphatic rings. The van der Waals surface area contributed by atoms with Crippen LogP contribution < -0.4 is 0 Å². The van der Waals surface area contributed by atoms with Gasteiger partial charge in [0.05, 0.1) is 0 Å². The lowest BCUT2D eigenvalue weighted by Crippen LogP contribution is -1.97. The van der Waals surface area contributed by atoms with Gasteiger partial charge in [0.15, 0.2) is 0 Å². The molecule has 1 unspecified atom stereocenters. The van der Waals surface area contributed by atoms with E-state index in [-0.39, 0.29) is 6.10 Å². The SMILES string of the molecule is OC(CCCCc1ccccc1)c1nccs1. The topological polar surface area (TPSA) is 33.1 Å². The predicted molar refractivity (Wildman–Crippen MR) is 71.1 cm³/mol. The highest BCUT2D eigenvalue weighted by Crippen LogP contribution is 2.21. The van der Waals surface area contributed by atoms with Gasteiger partial charge in [0.1, 0.15) is 11.1 Å². The summed E-state index contributed by atoms with van der Waals surface area (Å²) in [6.45, 7) is 0. The van der Waals surface area contributed by atoms with Crippen molar-refractivity contribution in [3.05, 3.63) is 52.5 Å². The maximum atomic E-state index is 9.85. The van der Waals surface area contributed by atoms with Crippen molar-refractivity contribution in [2.75, 3.05) is 0 Å². The summed E-state index contributed by atoms with van der Waals surface area (Å²) in [7, 11) is 0. The van der Waals surface area contributed by atoms with Crippen LogP contribution in [0.4, 0.5) is 0 Å². The number of rotatable bonds is 6. The number of aliphatic hydroxyl groups is 1. The van der Waals surface area contributed by atoms with Crippen molar-refractivity contribution >= 4 is 11.3 Å². The van der Waals surface area contributed by atoms with E-state index in [4.69, 9.17) is 0 Å². The van der Waals surface area contributed by atoms with Crippen molar-refractivity contribution in [2.45, 2.75) is 31.8 Å². The molecule has 0 radical (unpaired) electrons. The second-order valence-electron chi connectivity index (χ2n) is 4.12. The number of benzene rings is 1. The van der Waals surface area contributed by atoms with Crippen molar-refractivity contribution in [2.24, 2.45) is 0 Å². The Hall–Kier alpha value is -1.19. The van der Waals surface area contributed by atoms with Gasteiger partial charge in [-0.3, -0.25) is 0 Å². The number of thiazole rings is 1. The van der Waals surface area contributed by atoms with Gasteiger partial charge in [-0.2, -0.15) is 0 Å². The van der Waals surface area contributed by atoms with E-state index >= 15 is 0 Å². The van der Waals surface area contributed by atoms with Crippen molar-refractivity contribution in [3.63, 3.8) is 0 Å². The summed E-state index contributed by atoms with van der Waals surface area (Å²) in [4.78, 5) is 4.12. The van der Waals surface area contributed by atoms with E-state index in [1.165, 1.54) is 16.9 Å². The summed E-state index contributed by atoms with van der Waals surface area (Å²) in [5, 5.41) is 12.6. The number of aliphatic hydroxyl groups excluding tert-OH is 1. The van der Waals surface area contributed by atoms with E-state index in [9.17, 15) is 5.11 Å². The fourth-order valence-electron chi connectivity index (χ4n) is 1.83. The van der Waals surface area contributed by atoms with Gasteiger partial charge in [0.2, 0.25) is 0 Å². The van der Waals surface area contributed by atoms with E-state index in [1.54, 1.807) is 6.20 Å². The Morgan fingerprint density at radius 1 is 1.18 bits per heavy atom. The van der Waals surface area contributed by atoms with Gasteiger partial charge in [0.25, 0.3) is 0 Å². The van der Waals surface area contributed by atoms with Crippen LogP contribution in [-0.2, 0) is 6.42 Å². The molecule has 0 saturated carbocycles. The third kappa shape index (κ3) is 3.95. The molecule has 2 rings (SSSR count). The molecular weight excluding hydrogens is 230 g/mol. The molecule has 3 heteroatoms. The minimum absolute atomic E-state index is 0.384. The highest BCUT2D eigenvalue weighted by Gasteiger charge is 2.09. The van der Waals surface area contributed by atoms with Crippen molar-refractivity contribution in [1.29, 1.82) is 0 Å². The summed E-state index contributed by atoms with van der Waals surface area (Å²) in [5.74, 6) is 0. The molecule has 0 aliphatic carbocycles. The summed E-state index contributed by atoms with van der Waals surface area (Å²) in [5.41, 5.74) is 1.37. The van der Waals surface area contributed by atoms with Gasteiger partial charge >= 0.3 is 0 Å². The molecule has 1 aromatic heterocycles. The summed E-state index contributed by atoms with van der Waals surface area (Å²) >= 11 is 1.52. The molecule has 0 bridgehead atoms. The summed E-state index contributed by atoms with van der Waals surface area (Å²) in [6, 6.07) is 10.5. The average molecular weight is 247 g/mol. The Balaban J connectivity index is 1.67. The zero-order chi connectivity index (χ0) is 11.9. The Morgan fingerprint density at radius 2 is 2.00 bits per heavy atom. The molecule has 2 aromatic rings. The number of unbranched alkanes of at least 4 members (excludes halogenated alkanes) is 1. The molecule has 90 valence electrons. The molecule has 1 atom stereocenters. The van der Waals surface area contributed by atoms with Crippen molar-refractivity contribution < 1.29 is 5.11 Å². The molecule has 0 spiro atoms. The molecule has 2 nitrogen and oxygen atoms in total. The van der Waals surface area contributed by atoms with Crippen LogP contribution in [-0.4, -0.2) is 10.1 Å². The molecular formula is C14H17NOS. The van der Waals surface area contributed by atoms with E-state index in [2.05, 4.69) is 29.2 Å². The first-order valence-corrected chi connectivity index (χ1v) is 6.85. The van der Waals surface area contributed by atoms with Gasteiger partial charge in [0, 0.05) is 11.6 Å². The van der Waals surface area contributed by atoms with E-state index in [1.807, 2.05) is 11.4 Å². The van der Waals surface area contributed by atoms with Crippen LogP contribution in [0.15, 0.2) is 41.9 Å². The normalized spacial score (nSPS) is 12.5. The zero-order valence-corrected chi connectivity index (χ0v) is 10.6. The van der Waals surface area contributed by atoms with Crippen LogP contribution >= 0.6 is 11.3 Å². The maximum Gasteiger partial charge on any atom is 0.121 e. The van der Waals surface area contributed by atoms with Crippen LogP contribution in [0.1, 0.15) is 35.9 Å². The minimum Gasteiger partial charge on any atom is -0.386 e. The van der Waals surface area contributed by atoms with Gasteiger partial charge in [-0.25, -0.2) is 4.98 Å². The standard InChI is InChI=1S/C14H17NOS/c16-13(14-15-10-11-17-14)9-5-4-8-12-6-2-1-3-7-12/h1-3,6-7,10-11,13,16H,4-5,8-9H2. The number of hydrogen-bond donors (Lipinski definition) is 1. The van der Waals surface area contributed by atoms with Crippen LogP contribution in [0.2, 0.25) is 0 Å². The Morgan fingerprint density at radius 3 is 2.71 bits per heavy atom. The zero-order valence-electron chi connectivity index (χ0n) is 9.75. The number of aryl methyl sites for hydroxylation is 1. The fraction of sp³-hybridized carbons (Fsp3) is 0.357. The molecule has 1 N–H and O–H groups in total. The van der Waals surface area contributed by atoms with Crippen LogP contribution in [0.25, 0.3) is 0 Å². The van der Waals surface area contributed by atoms with Crippen LogP contribution in [0, 0.1) is 0 Å². The summed E-state index contributed by atoms with van der Waals surface area (Å²) in [6.07, 6.45) is 5.41. The Bertz CT molecular complexity index is 413. The smallest absolute Gasteiger partial charge is 0.121 e. The first-order chi connectivity index (χ1) is 8.36. The molecule has 0 aliphatic heterocycles. The molecule has 1 heterocycles. The summed E-state index contributed by atoms with van der Waals surface area (Å²) < 4.78 is 0. The second kappa shape index (κ2) is 6.52. The third-order valence-corrected chi connectivity index (χ3v) is 3.65. The van der Waals surface area contributed by atoms with Gasteiger partial charge in [-0.05, 0) is 24.8 Å². The number of hydrogen-bond acceptors (Lipinski definition) is 3. The van der Waals surface area contributed by atoms with Crippen molar-refractivity contribution in [3.8, 4) is 0 Å². The van der Waals surface area contributed by atoms with Gasteiger partial charge in [-0.15, -0.1) is 11.3 Å². The maximum absolute atomic E-state index is 9.85. The van der Waals surface area contributed by atoms with E-state index in [0.29, 0.717) is 0 Å². The van der Waals surface area contributed by atoms with Gasteiger partial charge in [-0.1, -0.05) is 36.8 Å². The van der Waals surface area contributed by atoms with Crippen LogP contribution in [0.3, 0.4) is 0 Å². The largest absolute Gasteiger partial charge is 0.386 e.